The number of rotatable bonds is 1. The van der Waals surface area contributed by atoms with E-state index >= 15 is 0 Å². The van der Waals surface area contributed by atoms with E-state index in [-0.39, 0.29) is 17.4 Å². The molecule has 0 aliphatic carbocycles. The molecule has 0 bridgehead atoms. The van der Waals surface area contributed by atoms with Crippen molar-refractivity contribution in [3.05, 3.63) is 0 Å². The summed E-state index contributed by atoms with van der Waals surface area (Å²) in [6, 6.07) is 0.289. The van der Waals surface area contributed by atoms with E-state index in [1.54, 1.807) is 0 Å². The maximum absolute atomic E-state index is 12.8. The molecule has 0 aromatic carbocycles. The number of nitrogens with one attached hydrogen (secondary N) is 2. The largest absolute Gasteiger partial charge is 0.353 e. The smallest absolute Gasteiger partial charge is 0.229 e. The monoisotopic (exact) mass is 279 g/mol. The predicted octanol–water partition coefficient (Wildman–Crippen LogP) is 0.503. The zero-order valence-corrected chi connectivity index (χ0v) is 12.3. The highest BCUT2D eigenvalue weighted by molar-refractivity contribution is 5.83. The molecule has 3 aliphatic rings. The number of hydrogen-bond acceptors (Lipinski definition) is 3. The predicted molar refractivity (Wildman–Crippen MR) is 76.1 cm³/mol. The van der Waals surface area contributed by atoms with E-state index in [4.69, 9.17) is 0 Å². The average Bonchev–Trinajstić information content (AvgIpc) is 2.46. The quantitative estimate of drug-likeness (QED) is 0.735. The van der Waals surface area contributed by atoms with Crippen LogP contribution in [0.1, 0.15) is 39.0 Å². The van der Waals surface area contributed by atoms with Crippen molar-refractivity contribution in [3.8, 4) is 0 Å². The van der Waals surface area contributed by atoms with Gasteiger partial charge in [0.05, 0.1) is 5.41 Å². The van der Waals surface area contributed by atoms with Gasteiger partial charge in [-0.3, -0.25) is 9.59 Å². The van der Waals surface area contributed by atoms with E-state index in [0.29, 0.717) is 18.2 Å². The highest BCUT2D eigenvalue weighted by Gasteiger charge is 2.41. The summed E-state index contributed by atoms with van der Waals surface area (Å²) in [5.41, 5.74) is -0.233. The Kier molecular flexibility index (Phi) is 3.71. The summed E-state index contributed by atoms with van der Waals surface area (Å²) in [5.74, 6) is 0.931. The number of piperidine rings is 3. The third-order valence-corrected chi connectivity index (χ3v) is 5.22. The van der Waals surface area contributed by atoms with Gasteiger partial charge in [0.2, 0.25) is 11.8 Å². The summed E-state index contributed by atoms with van der Waals surface area (Å²) in [4.78, 5) is 26.3. The van der Waals surface area contributed by atoms with Gasteiger partial charge in [-0.25, -0.2) is 0 Å². The molecule has 0 spiro atoms. The molecule has 5 heteroatoms. The summed E-state index contributed by atoms with van der Waals surface area (Å²) in [7, 11) is 0. The van der Waals surface area contributed by atoms with E-state index in [1.165, 1.54) is 0 Å². The molecule has 3 saturated heterocycles. The van der Waals surface area contributed by atoms with Crippen LogP contribution in [-0.2, 0) is 9.59 Å². The normalized spacial score (nSPS) is 38.0. The van der Waals surface area contributed by atoms with Crippen molar-refractivity contribution in [2.45, 2.75) is 45.1 Å². The van der Waals surface area contributed by atoms with Crippen LogP contribution in [-0.4, -0.2) is 48.9 Å². The fourth-order valence-corrected chi connectivity index (χ4v) is 3.92. The van der Waals surface area contributed by atoms with Gasteiger partial charge in [-0.15, -0.1) is 0 Å². The molecule has 2 amide bonds. The summed E-state index contributed by atoms with van der Waals surface area (Å²) in [6.07, 6.45) is 4.52. The standard InChI is InChI=1S/C15H25N3O2/c1-15(6-2-7-16-10-15)14(20)18-8-5-12-11(9-18)3-4-13(19)17-12/h11-12,16H,2-10H2,1H3,(H,17,19). The molecular formula is C15H25N3O2. The first-order valence-electron chi connectivity index (χ1n) is 7.88. The molecule has 3 aliphatic heterocycles. The van der Waals surface area contributed by atoms with Gasteiger partial charge in [0.25, 0.3) is 0 Å². The second-order valence-corrected chi connectivity index (χ2v) is 6.85. The van der Waals surface area contributed by atoms with Crippen molar-refractivity contribution in [2.24, 2.45) is 11.3 Å². The number of carbonyl (C=O) groups is 2. The molecule has 3 unspecified atom stereocenters. The van der Waals surface area contributed by atoms with Crippen LogP contribution in [0.3, 0.4) is 0 Å². The lowest BCUT2D eigenvalue weighted by molar-refractivity contribution is -0.145. The van der Waals surface area contributed by atoms with Crippen molar-refractivity contribution in [1.29, 1.82) is 0 Å². The van der Waals surface area contributed by atoms with Crippen LogP contribution in [0.25, 0.3) is 0 Å². The molecule has 3 rings (SSSR count). The van der Waals surface area contributed by atoms with Gasteiger partial charge in [-0.1, -0.05) is 0 Å². The topological polar surface area (TPSA) is 61.4 Å². The molecule has 3 atom stereocenters. The van der Waals surface area contributed by atoms with Gasteiger partial charge < -0.3 is 15.5 Å². The van der Waals surface area contributed by atoms with Crippen molar-refractivity contribution in [2.75, 3.05) is 26.2 Å². The SMILES string of the molecule is CC1(C(=O)N2CCC3NC(=O)CCC3C2)CCCNC1. The molecular weight excluding hydrogens is 254 g/mol. The van der Waals surface area contributed by atoms with Crippen molar-refractivity contribution >= 4 is 11.8 Å². The van der Waals surface area contributed by atoms with Crippen molar-refractivity contribution < 1.29 is 9.59 Å². The second-order valence-electron chi connectivity index (χ2n) is 6.85. The Hall–Kier alpha value is -1.10. The number of carbonyl (C=O) groups excluding carboxylic acids is 2. The van der Waals surface area contributed by atoms with E-state index in [2.05, 4.69) is 17.6 Å². The molecule has 0 aromatic rings. The number of nitrogens with zero attached hydrogens (tertiary/aromatic N) is 1. The van der Waals surface area contributed by atoms with Crippen LogP contribution in [0.5, 0.6) is 0 Å². The first kappa shape index (κ1) is 13.9. The van der Waals surface area contributed by atoms with E-state index in [9.17, 15) is 9.59 Å². The van der Waals surface area contributed by atoms with Gasteiger partial charge in [0.1, 0.15) is 0 Å². The fourth-order valence-electron chi connectivity index (χ4n) is 3.92. The lowest BCUT2D eigenvalue weighted by atomic mass is 9.79. The van der Waals surface area contributed by atoms with Crippen LogP contribution in [0.15, 0.2) is 0 Å². The third kappa shape index (κ3) is 2.55. The van der Waals surface area contributed by atoms with Gasteiger partial charge >= 0.3 is 0 Å². The summed E-state index contributed by atoms with van der Waals surface area (Å²) in [6.45, 7) is 5.53. The number of hydrogen-bond donors (Lipinski definition) is 2. The molecule has 0 aromatic heterocycles. The first-order chi connectivity index (χ1) is 9.58. The maximum atomic E-state index is 12.8. The summed E-state index contributed by atoms with van der Waals surface area (Å²) < 4.78 is 0. The Bertz CT molecular complexity index is 404. The number of likely N-dealkylation sites (tertiary alicyclic amines) is 1. The summed E-state index contributed by atoms with van der Waals surface area (Å²) >= 11 is 0. The third-order valence-electron chi connectivity index (χ3n) is 5.22. The van der Waals surface area contributed by atoms with Crippen LogP contribution < -0.4 is 10.6 Å². The van der Waals surface area contributed by atoms with E-state index < -0.39 is 0 Å². The Morgan fingerprint density at radius 1 is 1.40 bits per heavy atom. The lowest BCUT2D eigenvalue weighted by Gasteiger charge is -2.45. The van der Waals surface area contributed by atoms with Crippen LogP contribution in [0.4, 0.5) is 0 Å². The van der Waals surface area contributed by atoms with E-state index in [0.717, 1.165) is 51.9 Å². The second kappa shape index (κ2) is 5.35. The molecule has 112 valence electrons. The minimum atomic E-state index is -0.233. The average molecular weight is 279 g/mol. The van der Waals surface area contributed by atoms with Crippen LogP contribution in [0.2, 0.25) is 0 Å². The highest BCUT2D eigenvalue weighted by Crippen LogP contribution is 2.32. The zero-order valence-electron chi connectivity index (χ0n) is 12.3. The minimum absolute atomic E-state index is 0.175. The van der Waals surface area contributed by atoms with Gasteiger partial charge in [-0.05, 0) is 45.1 Å². The summed E-state index contributed by atoms with van der Waals surface area (Å²) in [5, 5.41) is 6.43. The Balaban J connectivity index is 1.64. The minimum Gasteiger partial charge on any atom is -0.353 e. The Morgan fingerprint density at radius 3 is 3.00 bits per heavy atom. The Labute approximate surface area is 120 Å². The molecule has 2 N–H and O–H groups in total. The van der Waals surface area contributed by atoms with Crippen molar-refractivity contribution in [3.63, 3.8) is 0 Å². The van der Waals surface area contributed by atoms with Crippen LogP contribution >= 0.6 is 0 Å². The molecule has 0 saturated carbocycles. The number of fused-ring (bicyclic) bond motifs is 1. The first-order valence-corrected chi connectivity index (χ1v) is 7.88. The van der Waals surface area contributed by atoms with Crippen LogP contribution in [0, 0.1) is 11.3 Å². The van der Waals surface area contributed by atoms with E-state index in [1.807, 2.05) is 4.90 Å². The lowest BCUT2D eigenvalue weighted by Crippen LogP contribution is -2.58. The van der Waals surface area contributed by atoms with Crippen molar-refractivity contribution in [1.82, 2.24) is 15.5 Å². The van der Waals surface area contributed by atoms with Gasteiger partial charge in [0.15, 0.2) is 0 Å². The Morgan fingerprint density at radius 2 is 2.25 bits per heavy atom. The number of amides is 2. The molecule has 3 heterocycles. The molecule has 3 fully saturated rings. The molecule has 0 radical (unpaired) electrons. The maximum Gasteiger partial charge on any atom is 0.229 e. The molecule has 5 nitrogen and oxygen atoms in total. The van der Waals surface area contributed by atoms with Gasteiger partial charge in [-0.2, -0.15) is 0 Å². The molecule has 20 heavy (non-hydrogen) atoms. The fraction of sp³-hybridized carbons (Fsp3) is 0.867. The van der Waals surface area contributed by atoms with Gasteiger partial charge in [0, 0.05) is 32.1 Å². The zero-order chi connectivity index (χ0) is 14.2. The highest BCUT2D eigenvalue weighted by atomic mass is 16.2.